The number of nitrogens with zero attached hydrogens (tertiary/aromatic N) is 2. The van der Waals surface area contributed by atoms with Crippen LogP contribution in [0.1, 0.15) is 16.2 Å². The van der Waals surface area contributed by atoms with Gasteiger partial charge in [0.2, 0.25) is 5.82 Å². The van der Waals surface area contributed by atoms with Gasteiger partial charge in [-0.15, -0.1) is 0 Å². The number of aromatic nitrogens is 2. The van der Waals surface area contributed by atoms with Crippen molar-refractivity contribution in [3.63, 3.8) is 0 Å². The lowest BCUT2D eigenvalue weighted by Crippen LogP contribution is -1.98. The summed E-state index contributed by atoms with van der Waals surface area (Å²) in [4.78, 5) is 14.8. The number of hydrogen-bond acceptors (Lipinski definition) is 5. The number of benzene rings is 2. The zero-order valence-corrected chi connectivity index (χ0v) is 11.7. The zero-order chi connectivity index (χ0) is 16.2. The zero-order valence-electron chi connectivity index (χ0n) is 11.7. The molecule has 1 heterocycles. The molecule has 0 N–H and O–H groups in total. The van der Waals surface area contributed by atoms with E-state index in [0.717, 1.165) is 12.1 Å². The van der Waals surface area contributed by atoms with Crippen molar-refractivity contribution in [3.8, 4) is 17.1 Å². The van der Waals surface area contributed by atoms with Crippen LogP contribution < -0.4 is 4.74 Å². The fourth-order valence-electron chi connectivity index (χ4n) is 1.98. The summed E-state index contributed by atoms with van der Waals surface area (Å²) in [6.45, 7) is -0.131. The van der Waals surface area contributed by atoms with Crippen LogP contribution in [0.25, 0.3) is 11.4 Å². The van der Waals surface area contributed by atoms with E-state index in [0.29, 0.717) is 17.6 Å². The molecule has 0 aliphatic rings. The fourth-order valence-corrected chi connectivity index (χ4v) is 1.98. The van der Waals surface area contributed by atoms with E-state index in [1.807, 2.05) is 0 Å². The lowest BCUT2D eigenvalue weighted by atomic mass is 10.2. The maximum absolute atomic E-state index is 13.7. The van der Waals surface area contributed by atoms with Crippen LogP contribution in [0, 0.1) is 11.6 Å². The Morgan fingerprint density at radius 2 is 1.83 bits per heavy atom. The lowest BCUT2D eigenvalue weighted by Gasteiger charge is -2.04. The smallest absolute Gasteiger partial charge is 0.264 e. The number of ether oxygens (including phenoxy) is 1. The van der Waals surface area contributed by atoms with Crippen LogP contribution in [0.5, 0.6) is 5.75 Å². The predicted octanol–water partition coefficient (Wildman–Crippen LogP) is 3.41. The van der Waals surface area contributed by atoms with Crippen LogP contribution >= 0.6 is 0 Å². The normalized spacial score (nSPS) is 10.5. The molecule has 3 rings (SSSR count). The van der Waals surface area contributed by atoms with Gasteiger partial charge < -0.3 is 9.26 Å². The molecule has 23 heavy (non-hydrogen) atoms. The van der Waals surface area contributed by atoms with Crippen LogP contribution in [0.4, 0.5) is 8.78 Å². The molecule has 116 valence electrons. The Hall–Kier alpha value is -3.09. The summed E-state index contributed by atoms with van der Waals surface area (Å²) in [5.74, 6) is -1.40. The van der Waals surface area contributed by atoms with Gasteiger partial charge >= 0.3 is 0 Å². The van der Waals surface area contributed by atoms with E-state index >= 15 is 0 Å². The van der Waals surface area contributed by atoms with Gasteiger partial charge in [0, 0.05) is 0 Å². The highest BCUT2D eigenvalue weighted by Gasteiger charge is 2.17. The number of halogens is 2. The average Bonchev–Trinajstić information content (AvgIpc) is 3.01. The molecule has 0 aliphatic carbocycles. The molecule has 0 fully saturated rings. The van der Waals surface area contributed by atoms with E-state index < -0.39 is 11.6 Å². The summed E-state index contributed by atoms with van der Waals surface area (Å²) < 4.78 is 37.7. The topological polar surface area (TPSA) is 65.2 Å². The fraction of sp³-hybridized carbons (Fsp3) is 0.0625. The second-order valence-electron chi connectivity index (χ2n) is 4.55. The van der Waals surface area contributed by atoms with Crippen LogP contribution in [0.15, 0.2) is 47.0 Å². The maximum Gasteiger partial charge on any atom is 0.264 e. The molecule has 3 aromatic rings. The number of para-hydroxylation sites is 1. The van der Waals surface area contributed by atoms with Gasteiger partial charge in [-0.1, -0.05) is 23.4 Å². The van der Waals surface area contributed by atoms with E-state index in [1.54, 1.807) is 24.3 Å². The standard InChI is InChI=1S/C16H10F2N2O3/c17-11-5-3-6-12(18)15(11)16-19-14(23-20-16)9-22-13-7-2-1-4-10(13)8-21/h1-8H,9H2. The Balaban J connectivity index is 1.79. The largest absolute Gasteiger partial charge is 0.483 e. The Kier molecular flexibility index (Phi) is 4.09. The first-order valence-corrected chi connectivity index (χ1v) is 6.63. The average molecular weight is 316 g/mol. The number of hydrogen-bond donors (Lipinski definition) is 0. The van der Waals surface area contributed by atoms with Crippen LogP contribution in [-0.2, 0) is 6.61 Å². The maximum atomic E-state index is 13.7. The molecule has 0 unspecified atom stereocenters. The van der Waals surface area contributed by atoms with Gasteiger partial charge in [0.1, 0.15) is 17.4 Å². The van der Waals surface area contributed by atoms with Gasteiger partial charge in [0.15, 0.2) is 12.9 Å². The monoisotopic (exact) mass is 316 g/mol. The molecule has 7 heteroatoms. The summed E-state index contributed by atoms with van der Waals surface area (Å²) in [6, 6.07) is 10.1. The van der Waals surface area contributed by atoms with E-state index in [9.17, 15) is 13.6 Å². The summed E-state index contributed by atoms with van der Waals surface area (Å²) in [6.07, 6.45) is 0.656. The third kappa shape index (κ3) is 3.08. The van der Waals surface area contributed by atoms with E-state index in [2.05, 4.69) is 10.1 Å². The highest BCUT2D eigenvalue weighted by Crippen LogP contribution is 2.23. The third-order valence-electron chi connectivity index (χ3n) is 3.05. The molecule has 0 radical (unpaired) electrons. The first-order valence-electron chi connectivity index (χ1n) is 6.63. The Morgan fingerprint density at radius 3 is 2.57 bits per heavy atom. The summed E-state index contributed by atoms with van der Waals surface area (Å²) in [5.41, 5.74) is 0.00294. The minimum absolute atomic E-state index is 0.0309. The molecule has 0 atom stereocenters. The van der Waals surface area contributed by atoms with Crippen LogP contribution in [0.2, 0.25) is 0 Å². The van der Waals surface area contributed by atoms with Crippen molar-refractivity contribution >= 4 is 6.29 Å². The SMILES string of the molecule is O=Cc1ccccc1OCc1nc(-c2c(F)cccc2F)no1. The first kappa shape index (κ1) is 14.8. The Labute approximate surface area is 129 Å². The molecule has 0 spiro atoms. The quantitative estimate of drug-likeness (QED) is 0.675. The first-order chi connectivity index (χ1) is 11.2. The highest BCUT2D eigenvalue weighted by atomic mass is 19.1. The summed E-state index contributed by atoms with van der Waals surface area (Å²) in [5, 5.41) is 3.55. The second-order valence-corrected chi connectivity index (χ2v) is 4.55. The molecule has 0 amide bonds. The van der Waals surface area contributed by atoms with E-state index in [-0.39, 0.29) is 23.9 Å². The molecule has 0 bridgehead atoms. The van der Waals surface area contributed by atoms with Crippen molar-refractivity contribution in [3.05, 3.63) is 65.6 Å². The number of carbonyl (C=O) groups excluding carboxylic acids is 1. The molecule has 0 saturated carbocycles. The molecule has 0 saturated heterocycles. The van der Waals surface area contributed by atoms with Gasteiger partial charge in [-0.05, 0) is 24.3 Å². The van der Waals surface area contributed by atoms with E-state index in [1.165, 1.54) is 6.07 Å². The molecular formula is C16H10F2N2O3. The predicted molar refractivity (Wildman–Crippen MR) is 75.8 cm³/mol. The molecule has 0 aliphatic heterocycles. The molecule has 2 aromatic carbocycles. The number of carbonyl (C=O) groups is 1. The van der Waals surface area contributed by atoms with Crippen LogP contribution in [-0.4, -0.2) is 16.4 Å². The van der Waals surface area contributed by atoms with Gasteiger partial charge in [0.05, 0.1) is 11.1 Å². The van der Waals surface area contributed by atoms with Gasteiger partial charge in [0.25, 0.3) is 5.89 Å². The minimum Gasteiger partial charge on any atom is -0.483 e. The number of rotatable bonds is 5. The van der Waals surface area contributed by atoms with Crippen molar-refractivity contribution in [2.75, 3.05) is 0 Å². The van der Waals surface area contributed by atoms with Crippen molar-refractivity contribution < 1.29 is 22.8 Å². The van der Waals surface area contributed by atoms with Crippen molar-refractivity contribution in [1.29, 1.82) is 0 Å². The summed E-state index contributed by atoms with van der Waals surface area (Å²) in [7, 11) is 0. The van der Waals surface area contributed by atoms with E-state index in [4.69, 9.17) is 9.26 Å². The van der Waals surface area contributed by atoms with Crippen molar-refractivity contribution in [2.45, 2.75) is 6.61 Å². The number of aldehydes is 1. The van der Waals surface area contributed by atoms with Crippen molar-refractivity contribution in [1.82, 2.24) is 10.1 Å². The van der Waals surface area contributed by atoms with Gasteiger partial charge in [-0.25, -0.2) is 8.78 Å². The minimum atomic E-state index is -0.787. The molecule has 1 aromatic heterocycles. The molecular weight excluding hydrogens is 306 g/mol. The Morgan fingerprint density at radius 1 is 1.09 bits per heavy atom. The second kappa shape index (κ2) is 6.35. The Bertz CT molecular complexity index is 829. The highest BCUT2D eigenvalue weighted by molar-refractivity contribution is 5.79. The lowest BCUT2D eigenvalue weighted by molar-refractivity contribution is 0.111. The molecule has 5 nitrogen and oxygen atoms in total. The van der Waals surface area contributed by atoms with Gasteiger partial charge in [-0.3, -0.25) is 4.79 Å². The van der Waals surface area contributed by atoms with Crippen LogP contribution in [0.3, 0.4) is 0 Å². The van der Waals surface area contributed by atoms with Crippen molar-refractivity contribution in [2.24, 2.45) is 0 Å². The third-order valence-corrected chi connectivity index (χ3v) is 3.05. The van der Waals surface area contributed by atoms with Gasteiger partial charge in [-0.2, -0.15) is 4.98 Å². The summed E-state index contributed by atoms with van der Waals surface area (Å²) >= 11 is 0.